The van der Waals surface area contributed by atoms with Gasteiger partial charge < -0.3 is 19.9 Å². The number of nitrogens with zero attached hydrogens (tertiary/aromatic N) is 3. The highest BCUT2D eigenvalue weighted by Gasteiger charge is 2.21. The maximum Gasteiger partial charge on any atom is 0.231 e. The van der Waals surface area contributed by atoms with Gasteiger partial charge in [0, 0.05) is 30.5 Å². The van der Waals surface area contributed by atoms with Crippen LogP contribution in [-0.2, 0) is 15.7 Å². The van der Waals surface area contributed by atoms with E-state index < -0.39 is 11.0 Å². The van der Waals surface area contributed by atoms with Crippen LogP contribution in [0.5, 0.6) is 0 Å². The van der Waals surface area contributed by atoms with Gasteiger partial charge in [-0.3, -0.25) is 0 Å². The van der Waals surface area contributed by atoms with Gasteiger partial charge in [-0.15, -0.1) is 0 Å². The van der Waals surface area contributed by atoms with Crippen LogP contribution >= 0.6 is 0 Å². The van der Waals surface area contributed by atoms with Gasteiger partial charge in [-0.1, -0.05) is 29.8 Å². The molecular weight excluding hydrogens is 436 g/mol. The number of ether oxygens (including phenoxy) is 1. The first-order valence-corrected chi connectivity index (χ1v) is 12.0. The summed E-state index contributed by atoms with van der Waals surface area (Å²) in [6.45, 7) is 4.98. The Morgan fingerprint density at radius 2 is 1.88 bits per heavy atom. The molecule has 9 heteroatoms. The van der Waals surface area contributed by atoms with Crippen LogP contribution in [0.25, 0.3) is 22.2 Å². The average molecular weight is 463 g/mol. The molecule has 4 aromatic rings. The SMILES string of the molecule is CNS(=O)c1ccc(Nc2nc(N3CCOCC3)c3c(-c4cccc(C)c4)c[nH]c3n2)cc1. The normalized spacial score (nSPS) is 15.0. The van der Waals surface area contributed by atoms with E-state index in [2.05, 4.69) is 51.1 Å². The highest BCUT2D eigenvalue weighted by Crippen LogP contribution is 2.36. The Labute approximate surface area is 195 Å². The fourth-order valence-corrected chi connectivity index (χ4v) is 4.64. The third-order valence-corrected chi connectivity index (χ3v) is 6.73. The molecule has 1 fully saturated rings. The van der Waals surface area contributed by atoms with Gasteiger partial charge in [-0.05, 0) is 43.8 Å². The molecule has 0 amide bonds. The maximum absolute atomic E-state index is 11.9. The molecule has 0 saturated carbocycles. The van der Waals surface area contributed by atoms with Crippen molar-refractivity contribution in [2.75, 3.05) is 43.6 Å². The molecule has 33 heavy (non-hydrogen) atoms. The number of benzene rings is 2. The summed E-state index contributed by atoms with van der Waals surface area (Å²) in [5, 5.41) is 4.31. The summed E-state index contributed by atoms with van der Waals surface area (Å²) < 4.78 is 20.2. The van der Waals surface area contributed by atoms with Gasteiger partial charge >= 0.3 is 0 Å². The van der Waals surface area contributed by atoms with Crippen molar-refractivity contribution in [3.05, 3.63) is 60.3 Å². The summed E-state index contributed by atoms with van der Waals surface area (Å²) in [6.07, 6.45) is 2.00. The Bertz CT molecular complexity index is 1300. The van der Waals surface area contributed by atoms with Gasteiger partial charge in [0.2, 0.25) is 5.95 Å². The Morgan fingerprint density at radius 3 is 2.61 bits per heavy atom. The van der Waals surface area contributed by atoms with Crippen LogP contribution in [0.3, 0.4) is 0 Å². The van der Waals surface area contributed by atoms with E-state index in [0.717, 1.165) is 46.8 Å². The molecule has 3 N–H and O–H groups in total. The van der Waals surface area contributed by atoms with Crippen LogP contribution in [0.1, 0.15) is 5.56 Å². The number of fused-ring (bicyclic) bond motifs is 1. The van der Waals surface area contributed by atoms with Crippen LogP contribution in [-0.4, -0.2) is 52.5 Å². The average Bonchev–Trinajstić information content (AvgIpc) is 3.28. The van der Waals surface area contributed by atoms with E-state index in [1.165, 1.54) is 5.56 Å². The minimum atomic E-state index is -1.22. The molecule has 1 saturated heterocycles. The van der Waals surface area contributed by atoms with E-state index in [4.69, 9.17) is 14.7 Å². The second-order valence-electron chi connectivity index (χ2n) is 7.89. The first-order chi connectivity index (χ1) is 16.1. The molecule has 0 radical (unpaired) electrons. The molecule has 2 aromatic heterocycles. The minimum Gasteiger partial charge on any atom is -0.378 e. The molecule has 0 aliphatic carbocycles. The lowest BCUT2D eigenvalue weighted by Crippen LogP contribution is -2.37. The van der Waals surface area contributed by atoms with Crippen molar-refractivity contribution in [1.29, 1.82) is 0 Å². The predicted molar refractivity (Wildman–Crippen MR) is 132 cm³/mol. The lowest BCUT2D eigenvalue weighted by atomic mass is 10.0. The summed E-state index contributed by atoms with van der Waals surface area (Å²) in [4.78, 5) is 16.0. The van der Waals surface area contributed by atoms with Gasteiger partial charge in [0.15, 0.2) is 0 Å². The lowest BCUT2D eigenvalue weighted by Gasteiger charge is -2.28. The highest BCUT2D eigenvalue weighted by atomic mass is 32.2. The number of H-pyrrole nitrogens is 1. The smallest absolute Gasteiger partial charge is 0.231 e. The van der Waals surface area contributed by atoms with Crippen molar-refractivity contribution in [1.82, 2.24) is 19.7 Å². The van der Waals surface area contributed by atoms with E-state index in [0.29, 0.717) is 24.1 Å². The quantitative estimate of drug-likeness (QED) is 0.404. The Hall–Kier alpha value is -3.27. The molecule has 2 aromatic carbocycles. The van der Waals surface area contributed by atoms with Crippen LogP contribution in [0.2, 0.25) is 0 Å². The molecule has 1 unspecified atom stereocenters. The molecule has 1 aliphatic heterocycles. The zero-order chi connectivity index (χ0) is 22.8. The Kier molecular flexibility index (Phi) is 6.08. The monoisotopic (exact) mass is 462 g/mol. The number of anilines is 3. The van der Waals surface area contributed by atoms with Crippen LogP contribution in [0.15, 0.2) is 59.6 Å². The molecule has 0 spiro atoms. The van der Waals surface area contributed by atoms with E-state index in [1.54, 1.807) is 7.05 Å². The van der Waals surface area contributed by atoms with Gasteiger partial charge in [-0.25, -0.2) is 8.93 Å². The standard InChI is InChI=1S/C24H26N6O2S/c1-16-4-3-5-17(14-16)20-15-26-22-21(20)23(30-10-12-32-13-11-30)29-24(28-22)27-18-6-8-19(9-7-18)33(31)25-2/h3-9,14-15,25H,10-13H2,1-2H3,(H2,26,27,28,29). The molecule has 3 heterocycles. The molecule has 8 nitrogen and oxygen atoms in total. The second-order valence-corrected chi connectivity index (χ2v) is 9.31. The fraction of sp³-hybridized carbons (Fsp3) is 0.250. The largest absolute Gasteiger partial charge is 0.378 e. The second kappa shape index (κ2) is 9.30. The first kappa shape index (κ1) is 21.6. The van der Waals surface area contributed by atoms with E-state index in [1.807, 2.05) is 30.5 Å². The number of aromatic nitrogens is 3. The summed E-state index contributed by atoms with van der Waals surface area (Å²) >= 11 is 0. The van der Waals surface area contributed by atoms with Crippen molar-refractivity contribution in [2.45, 2.75) is 11.8 Å². The van der Waals surface area contributed by atoms with Crippen molar-refractivity contribution >= 4 is 39.5 Å². The van der Waals surface area contributed by atoms with Crippen LogP contribution < -0.4 is 14.9 Å². The number of morpholine rings is 1. The summed E-state index contributed by atoms with van der Waals surface area (Å²) in [5.74, 6) is 1.39. The van der Waals surface area contributed by atoms with Crippen molar-refractivity contribution in [2.24, 2.45) is 0 Å². The third kappa shape index (κ3) is 4.47. The molecular formula is C24H26N6O2S. The topological polar surface area (TPSA) is 95.2 Å². The third-order valence-electron chi connectivity index (χ3n) is 5.66. The van der Waals surface area contributed by atoms with E-state index in [9.17, 15) is 4.21 Å². The number of aryl methyl sites for hydroxylation is 1. The summed E-state index contributed by atoms with van der Waals surface area (Å²) in [5.41, 5.74) is 5.02. The van der Waals surface area contributed by atoms with E-state index in [-0.39, 0.29) is 0 Å². The molecule has 1 atom stereocenters. The van der Waals surface area contributed by atoms with Crippen molar-refractivity contribution < 1.29 is 8.95 Å². The van der Waals surface area contributed by atoms with Gasteiger partial charge in [-0.2, -0.15) is 9.97 Å². The van der Waals surface area contributed by atoms with Crippen molar-refractivity contribution in [3.8, 4) is 11.1 Å². The van der Waals surface area contributed by atoms with Crippen LogP contribution in [0.4, 0.5) is 17.5 Å². The number of aromatic amines is 1. The minimum absolute atomic E-state index is 0.504. The Balaban J connectivity index is 1.56. The summed E-state index contributed by atoms with van der Waals surface area (Å²) in [6, 6.07) is 15.8. The molecule has 170 valence electrons. The highest BCUT2D eigenvalue weighted by molar-refractivity contribution is 7.83. The number of nitrogens with one attached hydrogen (secondary N) is 3. The maximum atomic E-state index is 11.9. The van der Waals surface area contributed by atoms with Crippen molar-refractivity contribution in [3.63, 3.8) is 0 Å². The molecule has 0 bridgehead atoms. The Morgan fingerprint density at radius 1 is 1.09 bits per heavy atom. The lowest BCUT2D eigenvalue weighted by molar-refractivity contribution is 0.122. The van der Waals surface area contributed by atoms with Crippen LogP contribution in [0, 0.1) is 6.92 Å². The van der Waals surface area contributed by atoms with Gasteiger partial charge in [0.05, 0.1) is 23.5 Å². The number of hydrogen-bond acceptors (Lipinski definition) is 6. The predicted octanol–water partition coefficient (Wildman–Crippen LogP) is 3.76. The fourth-order valence-electron chi connectivity index (χ4n) is 4.02. The summed E-state index contributed by atoms with van der Waals surface area (Å²) in [7, 11) is 0.446. The number of hydrogen-bond donors (Lipinski definition) is 3. The zero-order valence-electron chi connectivity index (χ0n) is 18.6. The van der Waals surface area contributed by atoms with Gasteiger partial charge in [0.1, 0.15) is 22.5 Å². The zero-order valence-corrected chi connectivity index (χ0v) is 19.4. The van der Waals surface area contributed by atoms with Gasteiger partial charge in [0.25, 0.3) is 0 Å². The molecule has 5 rings (SSSR count). The van der Waals surface area contributed by atoms with E-state index >= 15 is 0 Å². The first-order valence-electron chi connectivity index (χ1n) is 10.9. The molecule has 1 aliphatic rings. The number of rotatable bonds is 6.